The molecule has 0 fully saturated rings. The molecule has 1 unspecified atom stereocenters. The number of amides is 1. The fourth-order valence-electron chi connectivity index (χ4n) is 5.10. The number of allylic oxidation sites excluding steroid dienone is 3. The largest absolute Gasteiger partial charge is 0.465 e. The monoisotopic (exact) mass is 635 g/mol. The van der Waals surface area contributed by atoms with Crippen LogP contribution in [-0.2, 0) is 14.3 Å². The molecule has 1 aliphatic heterocycles. The number of Topliss-reactive ketones (excluding diaryl/α,β-unsaturated/α-hetero) is 1. The van der Waals surface area contributed by atoms with E-state index in [4.69, 9.17) is 22.1 Å². The van der Waals surface area contributed by atoms with E-state index in [-0.39, 0.29) is 34.3 Å². The molecule has 11 nitrogen and oxygen atoms in total. The zero-order chi connectivity index (χ0) is 30.9. The molecule has 14 heteroatoms. The average molecular weight is 636 g/mol. The van der Waals surface area contributed by atoms with E-state index >= 15 is 0 Å². The van der Waals surface area contributed by atoms with Gasteiger partial charge in [-0.2, -0.15) is 5.26 Å². The lowest BCUT2D eigenvalue weighted by molar-refractivity contribution is -0.118. The van der Waals surface area contributed by atoms with Crippen LogP contribution in [0.1, 0.15) is 48.5 Å². The highest BCUT2D eigenvalue weighted by atomic mass is 35.5. The third kappa shape index (κ3) is 6.27. The van der Waals surface area contributed by atoms with Crippen molar-refractivity contribution in [2.24, 2.45) is 11.1 Å². The van der Waals surface area contributed by atoms with Crippen LogP contribution in [0.15, 0.2) is 69.6 Å². The number of ketones is 1. The Bertz CT molecular complexity index is 1710. The van der Waals surface area contributed by atoms with Crippen LogP contribution in [0.25, 0.3) is 0 Å². The van der Waals surface area contributed by atoms with Crippen molar-refractivity contribution in [1.29, 1.82) is 5.26 Å². The Morgan fingerprint density at radius 3 is 2.63 bits per heavy atom. The minimum absolute atomic E-state index is 0.0524. The summed E-state index contributed by atoms with van der Waals surface area (Å²) in [5.74, 6) is -1.00. The standard InChI is InChI=1S/C29H26ClN7O4S2/c1-29(2)10-19-24(20(38)11-29)23(15-4-6-16(7-5-15)26(40)41-3)18(12-31)25(32)37(19)27-35-36-28(43-27)42-14-22(39)34-21-9-8-17(30)13-33-21/h4-9,13,23H,10-11,14,32H2,1-3H3,(H,33,34,39). The Morgan fingerprint density at radius 2 is 1.98 bits per heavy atom. The number of methoxy groups -OCH3 is 1. The summed E-state index contributed by atoms with van der Waals surface area (Å²) in [7, 11) is 1.30. The number of anilines is 2. The molecule has 0 saturated heterocycles. The van der Waals surface area contributed by atoms with Gasteiger partial charge in [0.15, 0.2) is 10.1 Å². The molecule has 2 aromatic heterocycles. The molecule has 0 spiro atoms. The molecule has 3 aromatic rings. The predicted octanol–water partition coefficient (Wildman–Crippen LogP) is 5.04. The first-order valence-corrected chi connectivity index (χ1v) is 15.2. The first kappa shape index (κ1) is 30.2. The van der Waals surface area contributed by atoms with Crippen LogP contribution in [0.2, 0.25) is 5.02 Å². The number of nitrogens with two attached hydrogens (primary N) is 1. The van der Waals surface area contributed by atoms with Crippen LogP contribution < -0.4 is 16.0 Å². The van der Waals surface area contributed by atoms with Crippen LogP contribution in [-0.4, -0.2) is 45.7 Å². The molecule has 1 aromatic carbocycles. The van der Waals surface area contributed by atoms with Crippen molar-refractivity contribution in [2.45, 2.75) is 36.9 Å². The molecule has 1 amide bonds. The Labute approximate surface area is 260 Å². The highest BCUT2D eigenvalue weighted by Gasteiger charge is 2.45. The molecule has 1 atom stereocenters. The van der Waals surface area contributed by atoms with Crippen LogP contribution in [0, 0.1) is 16.7 Å². The van der Waals surface area contributed by atoms with Crippen LogP contribution in [0.3, 0.4) is 0 Å². The number of hydrogen-bond donors (Lipinski definition) is 2. The summed E-state index contributed by atoms with van der Waals surface area (Å²) in [6.45, 7) is 4.00. The van der Waals surface area contributed by atoms with Crippen molar-refractivity contribution in [2.75, 3.05) is 23.1 Å². The third-order valence-electron chi connectivity index (χ3n) is 6.95. The maximum Gasteiger partial charge on any atom is 0.337 e. The second kappa shape index (κ2) is 12.2. The SMILES string of the molecule is COC(=O)c1ccc(C2C(C#N)=C(N)N(c3nnc(SCC(=O)Nc4ccc(Cl)cn4)s3)C3=C2C(=O)CC(C)(C)C3)cc1. The number of nitrogens with one attached hydrogen (secondary N) is 1. The van der Waals surface area contributed by atoms with Gasteiger partial charge in [-0.15, -0.1) is 10.2 Å². The highest BCUT2D eigenvalue weighted by Crippen LogP contribution is 2.50. The lowest BCUT2D eigenvalue weighted by Crippen LogP contribution is -2.42. The number of thioether (sulfide) groups is 1. The first-order valence-electron chi connectivity index (χ1n) is 13.0. The van der Waals surface area contributed by atoms with Gasteiger partial charge < -0.3 is 15.8 Å². The Morgan fingerprint density at radius 1 is 1.23 bits per heavy atom. The van der Waals surface area contributed by atoms with Crippen molar-refractivity contribution in [1.82, 2.24) is 15.2 Å². The maximum absolute atomic E-state index is 13.7. The van der Waals surface area contributed by atoms with Crippen LogP contribution in [0.5, 0.6) is 0 Å². The molecule has 0 saturated carbocycles. The molecule has 2 aliphatic rings. The number of nitriles is 1. The summed E-state index contributed by atoms with van der Waals surface area (Å²) >= 11 is 8.23. The van der Waals surface area contributed by atoms with Crippen molar-refractivity contribution in [3.05, 3.63) is 81.4 Å². The van der Waals surface area contributed by atoms with E-state index in [1.165, 1.54) is 36.4 Å². The summed E-state index contributed by atoms with van der Waals surface area (Å²) in [5.41, 5.74) is 8.62. The number of carbonyl (C=O) groups is 3. The molecule has 0 bridgehead atoms. The first-order chi connectivity index (χ1) is 20.5. The van der Waals surface area contributed by atoms with Gasteiger partial charge in [-0.25, -0.2) is 9.78 Å². The van der Waals surface area contributed by atoms with Gasteiger partial charge in [0.05, 0.1) is 41.0 Å². The molecule has 3 heterocycles. The number of esters is 1. The van der Waals surface area contributed by atoms with E-state index in [0.29, 0.717) is 55.6 Å². The number of benzene rings is 1. The van der Waals surface area contributed by atoms with Crippen molar-refractivity contribution >= 4 is 63.3 Å². The predicted molar refractivity (Wildman–Crippen MR) is 163 cm³/mol. The van der Waals surface area contributed by atoms with E-state index in [9.17, 15) is 19.6 Å². The van der Waals surface area contributed by atoms with Crippen LogP contribution in [0.4, 0.5) is 10.9 Å². The van der Waals surface area contributed by atoms with Gasteiger partial charge in [0.2, 0.25) is 11.0 Å². The number of carbonyl (C=O) groups excluding carboxylic acids is 3. The van der Waals surface area contributed by atoms with Gasteiger partial charge in [0.1, 0.15) is 11.6 Å². The Hall–Kier alpha value is -4.25. The normalized spacial score (nSPS) is 17.8. The number of pyridine rings is 1. The van der Waals surface area contributed by atoms with Gasteiger partial charge >= 0.3 is 5.97 Å². The molecule has 43 heavy (non-hydrogen) atoms. The van der Waals surface area contributed by atoms with Crippen molar-refractivity contribution in [3.8, 4) is 6.07 Å². The van der Waals surface area contributed by atoms with Gasteiger partial charge in [-0.3, -0.25) is 14.5 Å². The quantitative estimate of drug-likeness (QED) is 0.264. The number of aromatic nitrogens is 3. The summed E-state index contributed by atoms with van der Waals surface area (Å²) in [6.07, 6.45) is 2.24. The lowest BCUT2D eigenvalue weighted by atomic mass is 9.68. The summed E-state index contributed by atoms with van der Waals surface area (Å²) in [5, 5.41) is 22.4. The van der Waals surface area contributed by atoms with Gasteiger partial charge in [0.25, 0.3) is 0 Å². The topological polar surface area (TPSA) is 164 Å². The fourth-order valence-corrected chi connectivity index (χ4v) is 6.89. The maximum atomic E-state index is 13.7. The highest BCUT2D eigenvalue weighted by molar-refractivity contribution is 8.01. The van der Waals surface area contributed by atoms with Crippen molar-refractivity contribution in [3.63, 3.8) is 0 Å². The molecule has 0 radical (unpaired) electrons. The summed E-state index contributed by atoms with van der Waals surface area (Å²) < 4.78 is 5.30. The second-order valence-corrected chi connectivity index (χ2v) is 13.3. The smallest absolute Gasteiger partial charge is 0.337 e. The minimum atomic E-state index is -0.710. The molecular formula is C29H26ClN7O4S2. The van der Waals surface area contributed by atoms with Crippen molar-refractivity contribution < 1.29 is 19.1 Å². The number of halogens is 1. The molecular weight excluding hydrogens is 610 g/mol. The van der Waals surface area contributed by atoms with E-state index in [1.54, 1.807) is 41.3 Å². The van der Waals surface area contributed by atoms with E-state index < -0.39 is 11.9 Å². The van der Waals surface area contributed by atoms with E-state index in [1.807, 2.05) is 13.8 Å². The fraction of sp³-hybridized carbons (Fsp3) is 0.276. The van der Waals surface area contributed by atoms with E-state index in [2.05, 4.69) is 26.6 Å². The summed E-state index contributed by atoms with van der Waals surface area (Å²) in [4.78, 5) is 43.9. The zero-order valence-corrected chi connectivity index (χ0v) is 25.8. The van der Waals surface area contributed by atoms with Gasteiger partial charge in [-0.1, -0.05) is 60.7 Å². The second-order valence-electron chi connectivity index (χ2n) is 10.6. The molecule has 220 valence electrons. The van der Waals surface area contributed by atoms with E-state index in [0.717, 1.165) is 0 Å². The molecule has 3 N–H and O–H groups in total. The molecule has 1 aliphatic carbocycles. The molecule has 5 rings (SSSR count). The lowest BCUT2D eigenvalue weighted by Gasteiger charge is -2.42. The third-order valence-corrected chi connectivity index (χ3v) is 9.22. The number of ether oxygens (including phenoxy) is 1. The Balaban J connectivity index is 1.46. The zero-order valence-electron chi connectivity index (χ0n) is 23.4. The van der Waals surface area contributed by atoms with Gasteiger partial charge in [0, 0.05) is 23.9 Å². The number of rotatable bonds is 7. The van der Waals surface area contributed by atoms with Crippen LogP contribution >= 0.6 is 34.7 Å². The summed E-state index contributed by atoms with van der Waals surface area (Å²) in [6, 6.07) is 12.1. The van der Waals surface area contributed by atoms with Gasteiger partial charge in [-0.05, 0) is 41.7 Å². The average Bonchev–Trinajstić information content (AvgIpc) is 3.44. The number of nitrogens with zero attached hydrogens (tertiary/aromatic N) is 5. The minimum Gasteiger partial charge on any atom is -0.465 e. The number of hydrogen-bond acceptors (Lipinski definition) is 12. The Kier molecular flexibility index (Phi) is 8.55.